The van der Waals surface area contributed by atoms with E-state index in [1.807, 2.05) is 39.0 Å². The molecule has 0 saturated carbocycles. The summed E-state index contributed by atoms with van der Waals surface area (Å²) in [4.78, 5) is 44.4. The van der Waals surface area contributed by atoms with Crippen LogP contribution in [0.3, 0.4) is 0 Å². The predicted molar refractivity (Wildman–Crippen MR) is 181 cm³/mol. The number of ether oxygens (including phenoxy) is 1. The van der Waals surface area contributed by atoms with Crippen molar-refractivity contribution in [1.82, 2.24) is 9.78 Å². The Morgan fingerprint density at radius 1 is 1.02 bits per heavy atom. The molecule has 4 aromatic rings. The van der Waals surface area contributed by atoms with E-state index in [0.29, 0.717) is 28.5 Å². The lowest BCUT2D eigenvalue weighted by molar-refractivity contribution is -0.274. The molecular formula is C33H30ClF3N6O4S. The molecular weight excluding hydrogens is 669 g/mol. The molecule has 0 atom stereocenters. The Morgan fingerprint density at radius 3 is 2.38 bits per heavy atom. The van der Waals surface area contributed by atoms with E-state index in [4.69, 9.17) is 11.6 Å². The van der Waals surface area contributed by atoms with Crippen LogP contribution in [0.5, 0.6) is 5.75 Å². The fourth-order valence-electron chi connectivity index (χ4n) is 5.05. The van der Waals surface area contributed by atoms with Gasteiger partial charge in [0.25, 0.3) is 5.91 Å². The first kappa shape index (κ1) is 34.5. The molecule has 2 heterocycles. The highest BCUT2D eigenvalue weighted by Crippen LogP contribution is 2.35. The van der Waals surface area contributed by atoms with Gasteiger partial charge in [-0.25, -0.2) is 9.48 Å². The summed E-state index contributed by atoms with van der Waals surface area (Å²) in [5, 5.41) is 10.4. The summed E-state index contributed by atoms with van der Waals surface area (Å²) in [6, 6.07) is 14.5. The highest BCUT2D eigenvalue weighted by molar-refractivity contribution is 8.15. The zero-order chi connectivity index (χ0) is 34.9. The standard InChI is InChI=1S/C33H30ClF3N6O4S/c1-17(2)24-12-6-18(3)14-27(24)42-28(44)16-48-32(42)40-31(46)38-26-13-9-22(15-25(26)34)43-20(5)29(19(4)41-43)39-30(45)21-7-10-23(11-8-21)47-33(35,36)37/h6-15,17H,16H2,1-5H3,(H,38,46)(H,39,45). The number of hydrogen-bond donors (Lipinski definition) is 2. The monoisotopic (exact) mass is 698 g/mol. The molecule has 0 bridgehead atoms. The smallest absolute Gasteiger partial charge is 0.406 e. The zero-order valence-electron chi connectivity index (χ0n) is 26.4. The van der Waals surface area contributed by atoms with Gasteiger partial charge in [0.1, 0.15) is 5.75 Å². The molecule has 0 spiro atoms. The Balaban J connectivity index is 1.31. The van der Waals surface area contributed by atoms with Crippen LogP contribution in [0.25, 0.3) is 5.69 Å². The van der Waals surface area contributed by atoms with Gasteiger partial charge in [0.2, 0.25) is 5.91 Å². The summed E-state index contributed by atoms with van der Waals surface area (Å²) in [6.07, 6.45) is -4.84. The number of rotatable bonds is 7. The van der Waals surface area contributed by atoms with Gasteiger partial charge in [-0.2, -0.15) is 10.1 Å². The lowest BCUT2D eigenvalue weighted by Crippen LogP contribution is -2.31. The second kappa shape index (κ2) is 13.7. The zero-order valence-corrected chi connectivity index (χ0v) is 28.0. The Labute approximate surface area is 283 Å². The van der Waals surface area contributed by atoms with Gasteiger partial charge in [0.15, 0.2) is 5.17 Å². The van der Waals surface area contributed by atoms with E-state index in [9.17, 15) is 27.6 Å². The van der Waals surface area contributed by atoms with Crippen molar-refractivity contribution in [2.24, 2.45) is 4.99 Å². The highest BCUT2D eigenvalue weighted by Gasteiger charge is 2.33. The van der Waals surface area contributed by atoms with Crippen LogP contribution in [0.4, 0.5) is 35.0 Å². The molecule has 48 heavy (non-hydrogen) atoms. The third-order valence-electron chi connectivity index (χ3n) is 7.33. The lowest BCUT2D eigenvalue weighted by Gasteiger charge is -2.22. The van der Waals surface area contributed by atoms with Crippen molar-refractivity contribution in [3.05, 3.63) is 93.8 Å². The number of benzene rings is 3. The Hall–Kier alpha value is -4.82. The number of amides is 4. The van der Waals surface area contributed by atoms with Crippen molar-refractivity contribution in [3.63, 3.8) is 0 Å². The van der Waals surface area contributed by atoms with Gasteiger partial charge in [-0.3, -0.25) is 14.5 Å². The van der Waals surface area contributed by atoms with Crippen LogP contribution in [0.1, 0.15) is 52.6 Å². The van der Waals surface area contributed by atoms with Crippen molar-refractivity contribution in [2.75, 3.05) is 21.3 Å². The van der Waals surface area contributed by atoms with Gasteiger partial charge in [0, 0.05) is 5.56 Å². The minimum atomic E-state index is -4.84. The molecule has 4 amide bonds. The molecule has 1 aliphatic heterocycles. The number of thioether (sulfide) groups is 1. The molecule has 1 saturated heterocycles. The minimum absolute atomic E-state index is 0.116. The van der Waals surface area contributed by atoms with Crippen LogP contribution in [-0.2, 0) is 4.79 Å². The molecule has 0 aliphatic carbocycles. The third-order valence-corrected chi connectivity index (χ3v) is 8.57. The van der Waals surface area contributed by atoms with E-state index >= 15 is 0 Å². The highest BCUT2D eigenvalue weighted by atomic mass is 35.5. The average Bonchev–Trinajstić information content (AvgIpc) is 3.50. The molecule has 1 aliphatic rings. The first-order valence-electron chi connectivity index (χ1n) is 14.6. The lowest BCUT2D eigenvalue weighted by atomic mass is 9.99. The topological polar surface area (TPSA) is 118 Å². The second-order valence-electron chi connectivity index (χ2n) is 11.2. The number of aromatic nitrogens is 2. The van der Waals surface area contributed by atoms with Crippen LogP contribution >= 0.6 is 23.4 Å². The normalized spacial score (nSPS) is 14.2. The number of aryl methyl sites for hydroxylation is 2. The van der Waals surface area contributed by atoms with Gasteiger partial charge in [0.05, 0.1) is 44.9 Å². The van der Waals surface area contributed by atoms with Crippen LogP contribution in [-0.4, -0.2) is 44.9 Å². The number of nitrogens with one attached hydrogen (secondary N) is 2. The number of aliphatic imine (C=N–C) groups is 1. The first-order chi connectivity index (χ1) is 22.6. The first-order valence-corrected chi connectivity index (χ1v) is 16.0. The number of anilines is 3. The molecule has 1 aromatic heterocycles. The Kier molecular flexibility index (Phi) is 9.87. The van der Waals surface area contributed by atoms with E-state index in [-0.39, 0.29) is 39.0 Å². The summed E-state index contributed by atoms with van der Waals surface area (Å²) in [5.41, 5.74) is 4.99. The van der Waals surface area contributed by atoms with Crippen molar-refractivity contribution < 1.29 is 32.3 Å². The summed E-state index contributed by atoms with van der Waals surface area (Å²) in [6.45, 7) is 9.40. The van der Waals surface area contributed by atoms with E-state index in [1.54, 1.807) is 36.7 Å². The van der Waals surface area contributed by atoms with Crippen molar-refractivity contribution in [3.8, 4) is 11.4 Å². The minimum Gasteiger partial charge on any atom is -0.406 e. The number of halogens is 4. The van der Waals surface area contributed by atoms with Crippen molar-refractivity contribution >= 4 is 63.4 Å². The summed E-state index contributed by atoms with van der Waals surface area (Å²) < 4.78 is 42.8. The summed E-state index contributed by atoms with van der Waals surface area (Å²) >= 11 is 7.73. The molecule has 250 valence electrons. The van der Waals surface area contributed by atoms with Gasteiger partial charge in [-0.15, -0.1) is 13.2 Å². The summed E-state index contributed by atoms with van der Waals surface area (Å²) in [7, 11) is 0. The fourth-order valence-corrected chi connectivity index (χ4v) is 6.13. The quantitative estimate of drug-likeness (QED) is 0.200. The van der Waals surface area contributed by atoms with Gasteiger partial charge < -0.3 is 15.4 Å². The van der Waals surface area contributed by atoms with Crippen LogP contribution in [0, 0.1) is 20.8 Å². The number of alkyl halides is 3. The van der Waals surface area contributed by atoms with Gasteiger partial charge in [-0.05, 0) is 86.3 Å². The molecule has 5 rings (SSSR count). The fraction of sp³-hybridized carbons (Fsp3) is 0.242. The van der Waals surface area contributed by atoms with Crippen molar-refractivity contribution in [1.29, 1.82) is 0 Å². The predicted octanol–water partition coefficient (Wildman–Crippen LogP) is 8.39. The van der Waals surface area contributed by atoms with E-state index in [2.05, 4.69) is 25.5 Å². The maximum absolute atomic E-state index is 13.0. The van der Waals surface area contributed by atoms with Crippen LogP contribution < -0.4 is 20.3 Å². The number of urea groups is 1. The molecule has 3 aromatic carbocycles. The number of amidine groups is 1. The maximum Gasteiger partial charge on any atom is 0.573 e. The largest absolute Gasteiger partial charge is 0.573 e. The maximum atomic E-state index is 13.0. The number of nitrogens with zero attached hydrogens (tertiary/aromatic N) is 4. The van der Waals surface area contributed by atoms with Crippen LogP contribution in [0.15, 0.2) is 65.7 Å². The van der Waals surface area contributed by atoms with E-state index in [0.717, 1.165) is 23.3 Å². The number of carbonyl (C=O) groups excluding carboxylic acids is 3. The van der Waals surface area contributed by atoms with Gasteiger partial charge >= 0.3 is 12.4 Å². The number of carbonyl (C=O) groups is 3. The molecule has 0 radical (unpaired) electrons. The van der Waals surface area contributed by atoms with E-state index in [1.165, 1.54) is 28.8 Å². The molecule has 1 fully saturated rings. The van der Waals surface area contributed by atoms with E-state index < -0.39 is 24.1 Å². The Morgan fingerprint density at radius 2 is 1.73 bits per heavy atom. The van der Waals surface area contributed by atoms with Crippen LogP contribution in [0.2, 0.25) is 5.02 Å². The second-order valence-corrected chi connectivity index (χ2v) is 12.6. The molecule has 10 nitrogen and oxygen atoms in total. The molecule has 15 heteroatoms. The summed E-state index contributed by atoms with van der Waals surface area (Å²) in [5.74, 6) is -0.874. The average molecular weight is 699 g/mol. The molecule has 0 unspecified atom stereocenters. The Bertz CT molecular complexity index is 1940. The SMILES string of the molecule is Cc1ccc(C(C)C)c(N2C(=O)CSC2=NC(=O)Nc2ccc(-n3nc(C)c(NC(=O)c4ccc(OC(F)(F)F)cc4)c3C)cc2Cl)c1. The molecule has 2 N–H and O–H groups in total. The number of hydrogen-bond acceptors (Lipinski definition) is 6. The van der Waals surface area contributed by atoms with Crippen molar-refractivity contribution in [2.45, 2.75) is 46.9 Å². The third kappa shape index (κ3) is 7.66. The van der Waals surface area contributed by atoms with Gasteiger partial charge in [-0.1, -0.05) is 49.3 Å².